The first-order chi connectivity index (χ1) is 12.1. The molecule has 0 unspecified atom stereocenters. The smallest absolute Gasteiger partial charge is 0.273 e. The van der Waals surface area contributed by atoms with Gasteiger partial charge in [-0.25, -0.2) is 9.07 Å². The lowest BCUT2D eigenvalue weighted by atomic mass is 10.2. The number of aromatic nitrogens is 3. The molecule has 1 N–H and O–H groups in total. The first kappa shape index (κ1) is 16.6. The van der Waals surface area contributed by atoms with Crippen molar-refractivity contribution < 1.29 is 13.9 Å². The van der Waals surface area contributed by atoms with E-state index in [0.717, 1.165) is 11.3 Å². The van der Waals surface area contributed by atoms with Gasteiger partial charge in [0.1, 0.15) is 18.2 Å². The minimum atomic E-state index is -0.366. The highest BCUT2D eigenvalue weighted by Crippen LogP contribution is 2.11. The molecule has 0 aliphatic carbocycles. The zero-order valence-electron chi connectivity index (χ0n) is 13.6. The van der Waals surface area contributed by atoms with Crippen LogP contribution in [0.2, 0.25) is 0 Å². The lowest BCUT2D eigenvalue weighted by molar-refractivity contribution is 0.0942. The van der Waals surface area contributed by atoms with Gasteiger partial charge in [0, 0.05) is 6.07 Å². The van der Waals surface area contributed by atoms with Crippen molar-refractivity contribution in [2.45, 2.75) is 6.92 Å². The lowest BCUT2D eigenvalue weighted by Crippen LogP contribution is -2.28. The van der Waals surface area contributed by atoms with E-state index >= 15 is 0 Å². The number of hydrogen-bond donors (Lipinski definition) is 1. The highest BCUT2D eigenvalue weighted by Gasteiger charge is 2.11. The van der Waals surface area contributed by atoms with Crippen LogP contribution in [-0.4, -0.2) is 34.1 Å². The molecule has 0 atom stereocenters. The molecule has 128 valence electrons. The van der Waals surface area contributed by atoms with E-state index in [1.807, 2.05) is 31.2 Å². The third-order valence-electron chi connectivity index (χ3n) is 3.48. The van der Waals surface area contributed by atoms with Gasteiger partial charge in [0.05, 0.1) is 18.4 Å². The topological polar surface area (TPSA) is 69.0 Å². The lowest BCUT2D eigenvalue weighted by Gasteiger charge is -2.06. The molecular formula is C18H17FN4O2. The van der Waals surface area contributed by atoms with Crippen LogP contribution >= 0.6 is 0 Å². The fraction of sp³-hybridized carbons (Fsp3) is 0.167. The number of nitrogens with one attached hydrogen (secondary N) is 1. The van der Waals surface area contributed by atoms with E-state index in [1.54, 1.807) is 18.3 Å². The third kappa shape index (κ3) is 4.41. The van der Waals surface area contributed by atoms with Crippen molar-refractivity contribution in [3.63, 3.8) is 0 Å². The number of carbonyl (C=O) groups excluding carboxylic acids is 1. The second-order valence-electron chi connectivity index (χ2n) is 5.45. The number of carbonyl (C=O) groups is 1. The maximum atomic E-state index is 13.0. The van der Waals surface area contributed by atoms with Gasteiger partial charge in [-0.3, -0.25) is 4.79 Å². The molecule has 6 nitrogen and oxygen atoms in total. The van der Waals surface area contributed by atoms with Gasteiger partial charge in [-0.1, -0.05) is 29.0 Å². The molecule has 1 amide bonds. The molecule has 0 saturated heterocycles. The Morgan fingerprint density at radius 2 is 2.04 bits per heavy atom. The quantitative estimate of drug-likeness (QED) is 0.700. The monoisotopic (exact) mass is 340 g/mol. The van der Waals surface area contributed by atoms with Crippen LogP contribution in [0.1, 0.15) is 16.1 Å². The van der Waals surface area contributed by atoms with E-state index in [2.05, 4.69) is 15.6 Å². The van der Waals surface area contributed by atoms with Gasteiger partial charge in [-0.05, 0) is 31.2 Å². The van der Waals surface area contributed by atoms with E-state index < -0.39 is 0 Å². The molecule has 3 rings (SSSR count). The van der Waals surface area contributed by atoms with Crippen molar-refractivity contribution in [3.05, 3.63) is 71.8 Å². The van der Waals surface area contributed by atoms with Crippen molar-refractivity contribution in [3.8, 4) is 11.4 Å². The molecular weight excluding hydrogens is 323 g/mol. The fourth-order valence-corrected chi connectivity index (χ4v) is 2.17. The second kappa shape index (κ2) is 7.57. The molecule has 0 bridgehead atoms. The molecule has 2 aromatic carbocycles. The summed E-state index contributed by atoms with van der Waals surface area (Å²) in [6.07, 6.45) is 1.56. The number of amides is 1. The van der Waals surface area contributed by atoms with Crippen LogP contribution in [0, 0.1) is 12.7 Å². The average Bonchev–Trinajstić information content (AvgIpc) is 3.09. The maximum absolute atomic E-state index is 13.0. The molecule has 25 heavy (non-hydrogen) atoms. The number of halogens is 1. The van der Waals surface area contributed by atoms with Crippen molar-refractivity contribution in [2.24, 2.45) is 0 Å². The van der Waals surface area contributed by atoms with Gasteiger partial charge in [0.15, 0.2) is 5.69 Å². The van der Waals surface area contributed by atoms with Gasteiger partial charge in [-0.15, -0.1) is 5.10 Å². The number of aryl methyl sites for hydroxylation is 1. The van der Waals surface area contributed by atoms with Crippen LogP contribution < -0.4 is 10.1 Å². The molecule has 7 heteroatoms. The van der Waals surface area contributed by atoms with E-state index in [4.69, 9.17) is 4.74 Å². The van der Waals surface area contributed by atoms with E-state index in [9.17, 15) is 9.18 Å². The van der Waals surface area contributed by atoms with Crippen LogP contribution in [0.3, 0.4) is 0 Å². The summed E-state index contributed by atoms with van der Waals surface area (Å²) in [6, 6.07) is 13.6. The summed E-state index contributed by atoms with van der Waals surface area (Å²) >= 11 is 0. The molecule has 0 fully saturated rings. The molecule has 0 spiro atoms. The van der Waals surface area contributed by atoms with Gasteiger partial charge in [0.2, 0.25) is 0 Å². The minimum Gasteiger partial charge on any atom is -0.492 e. The standard InChI is InChI=1S/C18H17FN4O2/c1-13-5-7-15(8-6-13)23-12-17(21-22-23)18(24)20-9-10-25-16-4-2-3-14(19)11-16/h2-8,11-12H,9-10H2,1H3,(H,20,24). The summed E-state index contributed by atoms with van der Waals surface area (Å²) < 4.78 is 19.9. The largest absolute Gasteiger partial charge is 0.492 e. The molecule has 1 aromatic heterocycles. The molecule has 0 radical (unpaired) electrons. The van der Waals surface area contributed by atoms with Crippen LogP contribution in [0.15, 0.2) is 54.7 Å². The highest BCUT2D eigenvalue weighted by molar-refractivity contribution is 5.91. The van der Waals surface area contributed by atoms with Crippen molar-refractivity contribution in [1.29, 1.82) is 0 Å². The zero-order chi connectivity index (χ0) is 17.6. The Labute approximate surface area is 144 Å². The Bertz CT molecular complexity index is 862. The normalized spacial score (nSPS) is 10.5. The van der Waals surface area contributed by atoms with Crippen LogP contribution in [-0.2, 0) is 0 Å². The summed E-state index contributed by atoms with van der Waals surface area (Å²) in [7, 11) is 0. The Hall–Kier alpha value is -3.22. The Kier molecular flexibility index (Phi) is 5.03. The number of nitrogens with zero attached hydrogens (tertiary/aromatic N) is 3. The van der Waals surface area contributed by atoms with Gasteiger partial charge in [-0.2, -0.15) is 0 Å². The average molecular weight is 340 g/mol. The number of benzene rings is 2. The predicted molar refractivity (Wildman–Crippen MR) is 90.3 cm³/mol. The SMILES string of the molecule is Cc1ccc(-n2cc(C(=O)NCCOc3cccc(F)c3)nn2)cc1. The fourth-order valence-electron chi connectivity index (χ4n) is 2.17. The molecule has 3 aromatic rings. The Balaban J connectivity index is 1.51. The zero-order valence-corrected chi connectivity index (χ0v) is 13.6. The first-order valence-corrected chi connectivity index (χ1v) is 7.78. The molecule has 0 saturated carbocycles. The third-order valence-corrected chi connectivity index (χ3v) is 3.48. The summed E-state index contributed by atoms with van der Waals surface area (Å²) in [4.78, 5) is 12.1. The van der Waals surface area contributed by atoms with E-state index in [0.29, 0.717) is 5.75 Å². The molecule has 0 aliphatic rings. The number of rotatable bonds is 6. The maximum Gasteiger partial charge on any atom is 0.273 e. The number of ether oxygens (including phenoxy) is 1. The van der Waals surface area contributed by atoms with Crippen molar-refractivity contribution in [2.75, 3.05) is 13.2 Å². The van der Waals surface area contributed by atoms with E-state index in [1.165, 1.54) is 16.8 Å². The molecule has 1 heterocycles. The first-order valence-electron chi connectivity index (χ1n) is 7.78. The van der Waals surface area contributed by atoms with Crippen molar-refractivity contribution >= 4 is 5.91 Å². The minimum absolute atomic E-state index is 0.214. The van der Waals surface area contributed by atoms with Gasteiger partial charge >= 0.3 is 0 Å². The van der Waals surface area contributed by atoms with Gasteiger partial charge in [0.25, 0.3) is 5.91 Å². The van der Waals surface area contributed by atoms with Crippen LogP contribution in [0.25, 0.3) is 5.69 Å². The molecule has 0 aliphatic heterocycles. The predicted octanol–water partition coefficient (Wildman–Crippen LogP) is 2.52. The van der Waals surface area contributed by atoms with Crippen LogP contribution in [0.5, 0.6) is 5.75 Å². The summed E-state index contributed by atoms with van der Waals surface area (Å²) in [5, 5.41) is 10.5. The van der Waals surface area contributed by atoms with Crippen LogP contribution in [0.4, 0.5) is 4.39 Å². The number of hydrogen-bond acceptors (Lipinski definition) is 4. The van der Waals surface area contributed by atoms with Gasteiger partial charge < -0.3 is 10.1 Å². The Morgan fingerprint density at radius 3 is 2.80 bits per heavy atom. The summed E-state index contributed by atoms with van der Waals surface area (Å²) in [6.45, 7) is 2.49. The Morgan fingerprint density at radius 1 is 1.24 bits per heavy atom. The summed E-state index contributed by atoms with van der Waals surface area (Å²) in [5.74, 6) is -0.296. The second-order valence-corrected chi connectivity index (χ2v) is 5.45. The summed E-state index contributed by atoms with van der Waals surface area (Å²) in [5.41, 5.74) is 2.18. The van der Waals surface area contributed by atoms with Crippen molar-refractivity contribution in [1.82, 2.24) is 20.3 Å². The van der Waals surface area contributed by atoms with E-state index in [-0.39, 0.29) is 30.6 Å². The highest BCUT2D eigenvalue weighted by atomic mass is 19.1.